The lowest BCUT2D eigenvalue weighted by Gasteiger charge is -2.15. The summed E-state index contributed by atoms with van der Waals surface area (Å²) in [6.45, 7) is 3.11. The normalized spacial score (nSPS) is 10.6. The highest BCUT2D eigenvalue weighted by Crippen LogP contribution is 2.34. The average Bonchev–Trinajstić information content (AvgIpc) is 2.66. The number of carbonyl (C=O) groups is 1. The van der Waals surface area contributed by atoms with Gasteiger partial charge >= 0.3 is 0 Å². The van der Waals surface area contributed by atoms with Crippen molar-refractivity contribution >= 4 is 11.6 Å². The summed E-state index contributed by atoms with van der Waals surface area (Å²) in [5, 5.41) is 14.2. The number of nitrogens with one attached hydrogen (secondary N) is 1. The van der Waals surface area contributed by atoms with E-state index in [1.54, 1.807) is 6.92 Å². The number of amides is 1. The molecule has 0 unspecified atom stereocenters. The molecule has 0 aromatic heterocycles. The Bertz CT molecular complexity index is 852. The van der Waals surface area contributed by atoms with Crippen molar-refractivity contribution in [2.24, 2.45) is 0 Å². The van der Waals surface area contributed by atoms with E-state index >= 15 is 0 Å². The molecule has 0 radical (unpaired) electrons. The topological polar surface area (TPSA) is 93.9 Å². The summed E-state index contributed by atoms with van der Waals surface area (Å²) in [5.74, 6) is -0.0508. The smallest absolute Gasteiger partial charge is 0.286 e. The van der Waals surface area contributed by atoms with Gasteiger partial charge in [0.25, 0.3) is 11.6 Å². The molecule has 0 aliphatic rings. The highest BCUT2D eigenvalue weighted by Gasteiger charge is 2.24. The van der Waals surface area contributed by atoms with Crippen molar-refractivity contribution in [3.8, 4) is 11.5 Å². The van der Waals surface area contributed by atoms with E-state index in [0.717, 1.165) is 17.7 Å². The second-order valence-corrected chi connectivity index (χ2v) is 6.40. The SMILES string of the molecule is CCOc1cc(C(=O)NCc2ccccc2CN(C)C)c([N+](=O)[O-])cc1OC. The number of ether oxygens (including phenoxy) is 2. The number of nitro benzene ring substituents is 1. The first-order valence-corrected chi connectivity index (χ1v) is 8.86. The maximum atomic E-state index is 12.7. The monoisotopic (exact) mass is 387 g/mol. The molecule has 0 heterocycles. The number of nitrogens with zero attached hydrogens (tertiary/aromatic N) is 2. The summed E-state index contributed by atoms with van der Waals surface area (Å²) in [6, 6.07) is 10.3. The van der Waals surface area contributed by atoms with Crippen LogP contribution in [0.15, 0.2) is 36.4 Å². The van der Waals surface area contributed by atoms with Crippen LogP contribution in [0.5, 0.6) is 11.5 Å². The molecule has 0 aliphatic heterocycles. The van der Waals surface area contributed by atoms with Crippen LogP contribution in [-0.2, 0) is 13.1 Å². The molecule has 1 amide bonds. The highest BCUT2D eigenvalue weighted by molar-refractivity contribution is 5.99. The highest BCUT2D eigenvalue weighted by atomic mass is 16.6. The Balaban J connectivity index is 2.29. The number of hydrogen-bond acceptors (Lipinski definition) is 6. The Morgan fingerprint density at radius 2 is 1.86 bits per heavy atom. The summed E-state index contributed by atoms with van der Waals surface area (Å²) in [6.07, 6.45) is 0. The van der Waals surface area contributed by atoms with Crippen LogP contribution in [0.3, 0.4) is 0 Å². The van der Waals surface area contributed by atoms with E-state index < -0.39 is 10.8 Å². The van der Waals surface area contributed by atoms with Crippen LogP contribution in [0.25, 0.3) is 0 Å². The molecule has 2 aromatic rings. The maximum Gasteiger partial charge on any atom is 0.286 e. The Morgan fingerprint density at radius 3 is 2.43 bits per heavy atom. The molecule has 0 atom stereocenters. The molecule has 8 nitrogen and oxygen atoms in total. The molecule has 2 rings (SSSR count). The van der Waals surface area contributed by atoms with Gasteiger partial charge in [0, 0.05) is 19.2 Å². The first-order chi connectivity index (χ1) is 13.4. The van der Waals surface area contributed by atoms with Crippen LogP contribution >= 0.6 is 0 Å². The van der Waals surface area contributed by atoms with Gasteiger partial charge in [-0.1, -0.05) is 24.3 Å². The fraction of sp³-hybridized carbons (Fsp3) is 0.350. The summed E-state index contributed by atoms with van der Waals surface area (Å²) in [7, 11) is 5.32. The first kappa shape index (κ1) is 21.2. The molecule has 0 saturated heterocycles. The number of hydrogen-bond donors (Lipinski definition) is 1. The quantitative estimate of drug-likeness (QED) is 0.525. The zero-order valence-corrected chi connectivity index (χ0v) is 16.5. The predicted octanol–water partition coefficient (Wildman–Crippen LogP) is 2.99. The molecule has 150 valence electrons. The Kier molecular flexibility index (Phi) is 7.34. The van der Waals surface area contributed by atoms with E-state index in [0.29, 0.717) is 6.61 Å². The lowest BCUT2D eigenvalue weighted by Crippen LogP contribution is -2.25. The molecule has 0 aliphatic carbocycles. The summed E-state index contributed by atoms with van der Waals surface area (Å²) in [5.41, 5.74) is 1.62. The summed E-state index contributed by atoms with van der Waals surface area (Å²) < 4.78 is 10.6. The predicted molar refractivity (Wildman–Crippen MR) is 106 cm³/mol. The lowest BCUT2D eigenvalue weighted by molar-refractivity contribution is -0.385. The Morgan fingerprint density at radius 1 is 1.18 bits per heavy atom. The summed E-state index contributed by atoms with van der Waals surface area (Å²) >= 11 is 0. The van der Waals surface area contributed by atoms with E-state index in [4.69, 9.17) is 9.47 Å². The number of benzene rings is 2. The van der Waals surface area contributed by atoms with Crippen LogP contribution in [-0.4, -0.2) is 43.5 Å². The first-order valence-electron chi connectivity index (χ1n) is 8.86. The largest absolute Gasteiger partial charge is 0.493 e. The van der Waals surface area contributed by atoms with E-state index in [1.165, 1.54) is 19.2 Å². The zero-order valence-electron chi connectivity index (χ0n) is 16.5. The molecule has 2 aromatic carbocycles. The molecule has 28 heavy (non-hydrogen) atoms. The third-order valence-corrected chi connectivity index (χ3v) is 4.07. The Labute approximate surface area is 164 Å². The molecule has 8 heteroatoms. The van der Waals surface area contributed by atoms with E-state index in [-0.39, 0.29) is 29.3 Å². The molecular weight excluding hydrogens is 362 g/mol. The fourth-order valence-electron chi connectivity index (χ4n) is 2.81. The zero-order chi connectivity index (χ0) is 20.7. The van der Waals surface area contributed by atoms with Crippen molar-refractivity contribution < 1.29 is 19.2 Å². The van der Waals surface area contributed by atoms with Crippen LogP contribution < -0.4 is 14.8 Å². The van der Waals surface area contributed by atoms with Gasteiger partial charge in [0.1, 0.15) is 5.56 Å². The van der Waals surface area contributed by atoms with Crippen molar-refractivity contribution in [2.45, 2.75) is 20.0 Å². The van der Waals surface area contributed by atoms with Crippen molar-refractivity contribution in [1.82, 2.24) is 10.2 Å². The minimum Gasteiger partial charge on any atom is -0.493 e. The van der Waals surface area contributed by atoms with E-state index in [9.17, 15) is 14.9 Å². The summed E-state index contributed by atoms with van der Waals surface area (Å²) in [4.78, 5) is 25.6. The van der Waals surface area contributed by atoms with Crippen LogP contribution in [0.1, 0.15) is 28.4 Å². The van der Waals surface area contributed by atoms with Crippen molar-refractivity contribution in [1.29, 1.82) is 0 Å². The number of rotatable bonds is 9. The Hall–Kier alpha value is -3.13. The number of nitro groups is 1. The molecule has 0 spiro atoms. The molecule has 0 bridgehead atoms. The lowest BCUT2D eigenvalue weighted by atomic mass is 10.1. The van der Waals surface area contributed by atoms with Crippen molar-refractivity contribution in [3.63, 3.8) is 0 Å². The van der Waals surface area contributed by atoms with Gasteiger partial charge in [-0.15, -0.1) is 0 Å². The minimum atomic E-state index is -0.604. The van der Waals surface area contributed by atoms with Gasteiger partial charge in [-0.2, -0.15) is 0 Å². The van der Waals surface area contributed by atoms with Gasteiger partial charge in [0.05, 0.1) is 24.7 Å². The maximum absolute atomic E-state index is 12.7. The third kappa shape index (κ3) is 5.20. The molecule has 0 saturated carbocycles. The number of carbonyl (C=O) groups excluding carboxylic acids is 1. The second-order valence-electron chi connectivity index (χ2n) is 6.40. The fourth-order valence-corrected chi connectivity index (χ4v) is 2.81. The van der Waals surface area contributed by atoms with E-state index in [1.807, 2.05) is 43.3 Å². The molecule has 1 N–H and O–H groups in total. The van der Waals surface area contributed by atoms with Crippen LogP contribution in [0, 0.1) is 10.1 Å². The molecular formula is C20H25N3O5. The van der Waals surface area contributed by atoms with Crippen LogP contribution in [0.2, 0.25) is 0 Å². The van der Waals surface area contributed by atoms with Gasteiger partial charge in [0.15, 0.2) is 11.5 Å². The van der Waals surface area contributed by atoms with Gasteiger partial charge in [-0.05, 0) is 32.1 Å². The van der Waals surface area contributed by atoms with Crippen LogP contribution in [0.4, 0.5) is 5.69 Å². The minimum absolute atomic E-state index is 0.0701. The second kappa shape index (κ2) is 9.70. The van der Waals surface area contributed by atoms with Gasteiger partial charge < -0.3 is 19.7 Å². The standard InChI is InChI=1S/C20H25N3O5/c1-5-28-19-10-16(17(23(25)26)11-18(19)27-4)20(24)21-12-14-8-6-7-9-15(14)13-22(2)3/h6-11H,5,12-13H2,1-4H3,(H,21,24). The van der Waals surface area contributed by atoms with Crippen molar-refractivity contribution in [2.75, 3.05) is 27.8 Å². The van der Waals surface area contributed by atoms with Gasteiger partial charge in [-0.3, -0.25) is 14.9 Å². The van der Waals surface area contributed by atoms with Crippen molar-refractivity contribution in [3.05, 3.63) is 63.2 Å². The average molecular weight is 387 g/mol. The third-order valence-electron chi connectivity index (χ3n) is 4.07. The number of methoxy groups -OCH3 is 1. The van der Waals surface area contributed by atoms with Gasteiger partial charge in [-0.25, -0.2) is 0 Å². The van der Waals surface area contributed by atoms with Gasteiger partial charge in [0.2, 0.25) is 0 Å². The molecule has 0 fully saturated rings. The van der Waals surface area contributed by atoms with E-state index in [2.05, 4.69) is 5.32 Å².